The average molecular weight is 290 g/mol. The Hall–Kier alpha value is -1.87. The number of anilines is 1. The predicted octanol–water partition coefficient (Wildman–Crippen LogP) is 3.87. The highest BCUT2D eigenvalue weighted by molar-refractivity contribution is 6.30. The van der Waals surface area contributed by atoms with Gasteiger partial charge in [-0.2, -0.15) is 0 Å². The maximum absolute atomic E-state index is 13.4. The third-order valence-corrected chi connectivity index (χ3v) is 3.79. The fraction of sp³-hybridized carbons (Fsp3) is 0.188. The second kappa shape index (κ2) is 5.25. The van der Waals surface area contributed by atoms with Crippen molar-refractivity contribution in [3.8, 4) is 0 Å². The minimum atomic E-state index is -0.491. The van der Waals surface area contributed by atoms with E-state index >= 15 is 0 Å². The number of rotatable bonds is 3. The summed E-state index contributed by atoms with van der Waals surface area (Å²) in [4.78, 5) is 12.2. The third kappa shape index (κ3) is 2.54. The Morgan fingerprint density at radius 1 is 1.25 bits per heavy atom. The Kier molecular flexibility index (Phi) is 3.45. The lowest BCUT2D eigenvalue weighted by molar-refractivity contribution is 0.0993. The van der Waals surface area contributed by atoms with Crippen molar-refractivity contribution in [1.82, 2.24) is 0 Å². The Morgan fingerprint density at radius 3 is 2.90 bits per heavy atom. The van der Waals surface area contributed by atoms with Crippen LogP contribution in [0, 0.1) is 5.82 Å². The smallest absolute Gasteiger partial charge is 0.167 e. The first-order valence-corrected chi connectivity index (χ1v) is 6.85. The van der Waals surface area contributed by atoms with Crippen LogP contribution < -0.4 is 5.32 Å². The molecule has 0 radical (unpaired) electrons. The minimum absolute atomic E-state index is 0.0126. The summed E-state index contributed by atoms with van der Waals surface area (Å²) in [5.41, 5.74) is 3.57. The van der Waals surface area contributed by atoms with E-state index in [-0.39, 0.29) is 17.2 Å². The molecule has 0 unspecified atom stereocenters. The summed E-state index contributed by atoms with van der Waals surface area (Å²) in [5.74, 6) is -0.503. The second-order valence-corrected chi connectivity index (χ2v) is 5.30. The summed E-state index contributed by atoms with van der Waals surface area (Å²) >= 11 is 5.63. The molecule has 0 bridgehead atoms. The number of Topliss-reactive ketones (excluding diaryl/α,β-unsaturated/α-hetero) is 1. The Bertz CT molecular complexity index is 684. The fourth-order valence-electron chi connectivity index (χ4n) is 2.42. The lowest BCUT2D eigenvalue weighted by Gasteiger charge is -2.05. The maximum Gasteiger partial charge on any atom is 0.167 e. The number of hydrogen-bond acceptors (Lipinski definition) is 2. The molecule has 0 atom stereocenters. The van der Waals surface area contributed by atoms with Crippen LogP contribution in [-0.2, 0) is 12.8 Å². The van der Waals surface area contributed by atoms with Gasteiger partial charge in [0.2, 0.25) is 0 Å². The first-order chi connectivity index (χ1) is 9.63. The molecule has 20 heavy (non-hydrogen) atoms. The van der Waals surface area contributed by atoms with Crippen molar-refractivity contribution in [3.05, 3.63) is 63.9 Å². The van der Waals surface area contributed by atoms with Gasteiger partial charge >= 0.3 is 0 Å². The molecule has 0 amide bonds. The van der Waals surface area contributed by atoms with Crippen LogP contribution in [0.1, 0.15) is 21.5 Å². The largest absolute Gasteiger partial charge is 0.384 e. The first kappa shape index (κ1) is 13.1. The van der Waals surface area contributed by atoms with E-state index in [2.05, 4.69) is 5.32 Å². The molecular weight excluding hydrogens is 277 g/mol. The molecule has 2 nitrogen and oxygen atoms in total. The zero-order valence-electron chi connectivity index (χ0n) is 10.7. The van der Waals surface area contributed by atoms with Crippen molar-refractivity contribution in [2.24, 2.45) is 0 Å². The fourth-order valence-corrected chi connectivity index (χ4v) is 2.53. The van der Waals surface area contributed by atoms with Gasteiger partial charge in [0, 0.05) is 24.2 Å². The Morgan fingerprint density at radius 2 is 2.10 bits per heavy atom. The van der Waals surface area contributed by atoms with E-state index in [0.29, 0.717) is 11.1 Å². The van der Waals surface area contributed by atoms with E-state index < -0.39 is 5.82 Å². The lowest BCUT2D eigenvalue weighted by Crippen LogP contribution is -2.04. The van der Waals surface area contributed by atoms with Gasteiger partial charge in [-0.05, 0) is 47.9 Å². The van der Waals surface area contributed by atoms with Gasteiger partial charge in [-0.25, -0.2) is 4.39 Å². The number of halogens is 2. The molecule has 2 aromatic rings. The molecule has 0 saturated carbocycles. The monoisotopic (exact) mass is 289 g/mol. The zero-order valence-corrected chi connectivity index (χ0v) is 11.5. The number of carbonyl (C=O) groups is 1. The number of hydrogen-bond donors (Lipinski definition) is 1. The minimum Gasteiger partial charge on any atom is -0.384 e. The molecule has 1 aliphatic heterocycles. The van der Waals surface area contributed by atoms with Gasteiger partial charge < -0.3 is 5.32 Å². The number of benzene rings is 2. The van der Waals surface area contributed by atoms with Crippen LogP contribution >= 0.6 is 11.6 Å². The van der Waals surface area contributed by atoms with Crippen molar-refractivity contribution in [2.75, 3.05) is 11.9 Å². The summed E-state index contributed by atoms with van der Waals surface area (Å²) in [5, 5.41) is 3.33. The summed E-state index contributed by atoms with van der Waals surface area (Å²) in [7, 11) is 0. The number of carbonyl (C=O) groups excluding carboxylic acids is 1. The Balaban J connectivity index is 1.80. The predicted molar refractivity (Wildman–Crippen MR) is 78.1 cm³/mol. The molecule has 1 aliphatic rings. The van der Waals surface area contributed by atoms with Crippen LogP contribution in [0.25, 0.3) is 0 Å². The molecule has 0 aromatic heterocycles. The SMILES string of the molecule is O=C(Cc1ccc(Cl)c(F)c1)c1ccc2c(c1)CCN2. The molecule has 0 saturated heterocycles. The molecule has 0 spiro atoms. The van der Waals surface area contributed by atoms with E-state index in [1.807, 2.05) is 18.2 Å². The van der Waals surface area contributed by atoms with E-state index in [1.54, 1.807) is 6.07 Å². The van der Waals surface area contributed by atoms with Crippen LogP contribution in [0.15, 0.2) is 36.4 Å². The summed E-state index contributed by atoms with van der Waals surface area (Å²) in [6.45, 7) is 0.912. The summed E-state index contributed by atoms with van der Waals surface area (Å²) in [6.07, 6.45) is 1.12. The second-order valence-electron chi connectivity index (χ2n) is 4.90. The van der Waals surface area contributed by atoms with Crippen LogP contribution in [0.3, 0.4) is 0 Å². The van der Waals surface area contributed by atoms with Crippen molar-refractivity contribution in [3.63, 3.8) is 0 Å². The molecule has 102 valence electrons. The summed E-state index contributed by atoms with van der Waals surface area (Å²) < 4.78 is 13.4. The van der Waals surface area contributed by atoms with Crippen LogP contribution in [-0.4, -0.2) is 12.3 Å². The highest BCUT2D eigenvalue weighted by Gasteiger charge is 2.14. The zero-order chi connectivity index (χ0) is 14.1. The van der Waals surface area contributed by atoms with E-state index in [9.17, 15) is 9.18 Å². The Labute approximate surface area is 121 Å². The van der Waals surface area contributed by atoms with Crippen molar-refractivity contribution in [1.29, 1.82) is 0 Å². The van der Waals surface area contributed by atoms with Gasteiger partial charge in [0.25, 0.3) is 0 Å². The third-order valence-electron chi connectivity index (χ3n) is 3.49. The number of fused-ring (bicyclic) bond motifs is 1. The molecule has 1 N–H and O–H groups in total. The molecule has 3 rings (SSSR count). The molecule has 0 aliphatic carbocycles. The van der Waals surface area contributed by atoms with Gasteiger partial charge in [-0.15, -0.1) is 0 Å². The van der Waals surface area contributed by atoms with Crippen LogP contribution in [0.2, 0.25) is 5.02 Å². The normalized spacial score (nSPS) is 12.9. The van der Waals surface area contributed by atoms with Gasteiger partial charge in [0.15, 0.2) is 5.78 Å². The van der Waals surface area contributed by atoms with Crippen LogP contribution in [0.4, 0.5) is 10.1 Å². The van der Waals surface area contributed by atoms with Gasteiger partial charge in [-0.1, -0.05) is 17.7 Å². The first-order valence-electron chi connectivity index (χ1n) is 6.47. The molecule has 2 aromatic carbocycles. The number of nitrogens with one attached hydrogen (secondary N) is 1. The topological polar surface area (TPSA) is 29.1 Å². The summed E-state index contributed by atoms with van der Waals surface area (Å²) in [6, 6.07) is 10.1. The van der Waals surface area contributed by atoms with E-state index in [0.717, 1.165) is 24.2 Å². The molecule has 1 heterocycles. The van der Waals surface area contributed by atoms with E-state index in [1.165, 1.54) is 12.1 Å². The lowest BCUT2D eigenvalue weighted by atomic mass is 10.0. The van der Waals surface area contributed by atoms with E-state index in [4.69, 9.17) is 11.6 Å². The van der Waals surface area contributed by atoms with Crippen molar-refractivity contribution >= 4 is 23.1 Å². The standard InChI is InChI=1S/C16H13ClFNO/c17-13-3-1-10(7-14(13)18)8-16(20)12-2-4-15-11(9-12)5-6-19-15/h1-4,7,9,19H,5-6,8H2. The molecule has 0 fully saturated rings. The molecule has 4 heteroatoms. The van der Waals surface area contributed by atoms with Crippen LogP contribution in [0.5, 0.6) is 0 Å². The number of ketones is 1. The van der Waals surface area contributed by atoms with Gasteiger partial charge in [0.1, 0.15) is 5.82 Å². The van der Waals surface area contributed by atoms with Gasteiger partial charge in [0.05, 0.1) is 5.02 Å². The molecular formula is C16H13ClFNO. The quantitative estimate of drug-likeness (QED) is 0.869. The highest BCUT2D eigenvalue weighted by atomic mass is 35.5. The maximum atomic E-state index is 13.4. The van der Waals surface area contributed by atoms with Crippen molar-refractivity contribution in [2.45, 2.75) is 12.8 Å². The average Bonchev–Trinajstić information content (AvgIpc) is 2.90. The van der Waals surface area contributed by atoms with Crippen molar-refractivity contribution < 1.29 is 9.18 Å². The van der Waals surface area contributed by atoms with Gasteiger partial charge in [-0.3, -0.25) is 4.79 Å². The highest BCUT2D eigenvalue weighted by Crippen LogP contribution is 2.24.